The lowest BCUT2D eigenvalue weighted by Crippen LogP contribution is -2.13. The Kier molecular flexibility index (Phi) is 7.10. The average Bonchev–Trinajstić information content (AvgIpc) is 2.59. The predicted molar refractivity (Wildman–Crippen MR) is 92.4 cm³/mol. The smallest absolute Gasteiger partial charge is 0.313 e. The van der Waals surface area contributed by atoms with Gasteiger partial charge in [0.1, 0.15) is 5.75 Å². The van der Waals surface area contributed by atoms with Gasteiger partial charge in [0.2, 0.25) is 5.91 Å². The van der Waals surface area contributed by atoms with Crippen molar-refractivity contribution in [1.82, 2.24) is 4.98 Å². The number of aliphatic carboxylic acids is 1. The second kappa shape index (κ2) is 9.57. The zero-order valence-electron chi connectivity index (χ0n) is 13.0. The molecule has 0 spiro atoms. The van der Waals surface area contributed by atoms with Gasteiger partial charge >= 0.3 is 5.97 Å². The zero-order chi connectivity index (χ0) is 17.2. The van der Waals surface area contributed by atoms with Crippen LogP contribution in [0.15, 0.2) is 53.7 Å². The normalized spacial score (nSPS) is 10.2. The van der Waals surface area contributed by atoms with Crippen LogP contribution in [0.5, 0.6) is 5.75 Å². The van der Waals surface area contributed by atoms with Gasteiger partial charge in [-0.15, -0.1) is 0 Å². The number of nitrogens with zero attached hydrogens (tertiary/aromatic N) is 1. The van der Waals surface area contributed by atoms with Crippen LogP contribution in [0.4, 0.5) is 5.69 Å². The van der Waals surface area contributed by atoms with Crippen LogP contribution in [0.3, 0.4) is 0 Å². The monoisotopic (exact) mass is 346 g/mol. The molecule has 0 radical (unpaired) electrons. The number of aromatic nitrogens is 1. The van der Waals surface area contributed by atoms with E-state index in [9.17, 15) is 9.59 Å². The molecule has 0 saturated heterocycles. The van der Waals surface area contributed by atoms with Crippen molar-refractivity contribution in [3.63, 3.8) is 0 Å². The molecule has 0 aliphatic carbocycles. The summed E-state index contributed by atoms with van der Waals surface area (Å²) in [5.41, 5.74) is 0.587. The van der Waals surface area contributed by atoms with Crippen molar-refractivity contribution in [3.8, 4) is 5.75 Å². The van der Waals surface area contributed by atoms with Gasteiger partial charge in [-0.25, -0.2) is 4.98 Å². The fourth-order valence-electron chi connectivity index (χ4n) is 1.84. The lowest BCUT2D eigenvalue weighted by molar-refractivity contribution is -0.133. The Morgan fingerprint density at radius 2 is 1.96 bits per heavy atom. The van der Waals surface area contributed by atoms with Crippen molar-refractivity contribution in [1.29, 1.82) is 0 Å². The molecule has 7 heteroatoms. The lowest BCUT2D eigenvalue weighted by atomic mass is 10.3. The maximum atomic E-state index is 11.8. The van der Waals surface area contributed by atoms with Crippen LogP contribution in [0.25, 0.3) is 0 Å². The highest BCUT2D eigenvalue weighted by atomic mass is 32.2. The van der Waals surface area contributed by atoms with E-state index in [0.29, 0.717) is 30.2 Å². The summed E-state index contributed by atoms with van der Waals surface area (Å²) in [6.07, 6.45) is 2.48. The number of hydrogen-bond acceptors (Lipinski definition) is 5. The number of ether oxygens (including phenoxy) is 1. The average molecular weight is 346 g/mol. The Balaban J connectivity index is 1.67. The van der Waals surface area contributed by atoms with Gasteiger partial charge in [-0.05, 0) is 30.7 Å². The van der Waals surface area contributed by atoms with Crippen molar-refractivity contribution in [2.24, 2.45) is 0 Å². The molecule has 1 heterocycles. The summed E-state index contributed by atoms with van der Waals surface area (Å²) >= 11 is 1.13. The van der Waals surface area contributed by atoms with Crippen LogP contribution in [-0.2, 0) is 9.59 Å². The Hall–Kier alpha value is -2.54. The number of anilines is 1. The number of amides is 1. The third kappa shape index (κ3) is 6.70. The quantitative estimate of drug-likeness (QED) is 0.536. The minimum Gasteiger partial charge on any atom is -0.494 e. The summed E-state index contributed by atoms with van der Waals surface area (Å²) in [4.78, 5) is 26.4. The number of rotatable bonds is 9. The lowest BCUT2D eigenvalue weighted by Gasteiger charge is -2.07. The number of nitrogens with one attached hydrogen (secondary N) is 1. The Morgan fingerprint density at radius 1 is 1.17 bits per heavy atom. The van der Waals surface area contributed by atoms with Crippen molar-refractivity contribution in [3.05, 3.63) is 48.7 Å². The number of pyridine rings is 1. The summed E-state index contributed by atoms with van der Waals surface area (Å²) in [6.45, 7) is 0.473. The molecular formula is C17H18N2O4S. The number of para-hydroxylation sites is 1. The summed E-state index contributed by atoms with van der Waals surface area (Å²) in [5, 5.41) is 12.0. The summed E-state index contributed by atoms with van der Waals surface area (Å²) in [6, 6.07) is 12.8. The van der Waals surface area contributed by atoms with Crippen molar-refractivity contribution in [2.45, 2.75) is 17.9 Å². The Morgan fingerprint density at radius 3 is 2.62 bits per heavy atom. The highest BCUT2D eigenvalue weighted by molar-refractivity contribution is 7.99. The van der Waals surface area contributed by atoms with Gasteiger partial charge in [0, 0.05) is 6.42 Å². The van der Waals surface area contributed by atoms with E-state index in [4.69, 9.17) is 9.84 Å². The molecule has 0 aliphatic rings. The molecule has 1 amide bonds. The molecular weight excluding hydrogens is 328 g/mol. The van der Waals surface area contributed by atoms with Crippen LogP contribution in [0.2, 0.25) is 0 Å². The summed E-state index contributed by atoms with van der Waals surface area (Å²) in [7, 11) is 0. The molecule has 24 heavy (non-hydrogen) atoms. The van der Waals surface area contributed by atoms with Crippen LogP contribution >= 0.6 is 11.8 Å². The molecule has 6 nitrogen and oxygen atoms in total. The van der Waals surface area contributed by atoms with E-state index in [1.54, 1.807) is 12.1 Å². The summed E-state index contributed by atoms with van der Waals surface area (Å²) in [5.74, 6) is -0.256. The topological polar surface area (TPSA) is 88.5 Å². The van der Waals surface area contributed by atoms with Gasteiger partial charge in [0.15, 0.2) is 0 Å². The molecule has 0 aliphatic heterocycles. The zero-order valence-corrected chi connectivity index (χ0v) is 13.8. The number of hydrogen-bond donors (Lipinski definition) is 2. The first-order chi connectivity index (χ1) is 11.6. The van der Waals surface area contributed by atoms with Gasteiger partial charge < -0.3 is 15.2 Å². The first-order valence-electron chi connectivity index (χ1n) is 7.42. The number of carboxylic acids is 1. The second-order valence-electron chi connectivity index (χ2n) is 4.88. The third-order valence-electron chi connectivity index (χ3n) is 2.92. The molecule has 2 aromatic rings. The van der Waals surface area contributed by atoms with Crippen LogP contribution in [0.1, 0.15) is 12.8 Å². The van der Waals surface area contributed by atoms with Gasteiger partial charge in [0.05, 0.1) is 29.3 Å². The SMILES string of the molecule is O=C(O)CSc1ccc(NC(=O)CCCOc2ccccc2)cn1. The molecule has 2 rings (SSSR count). The van der Waals surface area contributed by atoms with Crippen molar-refractivity contribution < 1.29 is 19.4 Å². The first kappa shape index (κ1) is 17.8. The van der Waals surface area contributed by atoms with E-state index in [-0.39, 0.29) is 11.7 Å². The van der Waals surface area contributed by atoms with Crippen LogP contribution < -0.4 is 10.1 Å². The largest absolute Gasteiger partial charge is 0.494 e. The van der Waals surface area contributed by atoms with E-state index in [2.05, 4.69) is 10.3 Å². The molecule has 0 saturated carbocycles. The van der Waals surface area contributed by atoms with Crippen LogP contribution in [0, 0.1) is 0 Å². The minimum absolute atomic E-state index is 0.0415. The van der Waals surface area contributed by atoms with Crippen LogP contribution in [-0.4, -0.2) is 34.3 Å². The molecule has 1 aromatic heterocycles. The van der Waals surface area contributed by atoms with E-state index in [1.165, 1.54) is 6.20 Å². The standard InChI is InChI=1S/C17H18N2O4S/c20-15(7-4-10-23-14-5-2-1-3-6-14)19-13-8-9-16(18-11-13)24-12-17(21)22/h1-3,5-6,8-9,11H,4,7,10,12H2,(H,19,20)(H,21,22). The highest BCUT2D eigenvalue weighted by Crippen LogP contribution is 2.17. The molecule has 0 atom stereocenters. The molecule has 1 aromatic carbocycles. The molecule has 0 fully saturated rings. The fourth-order valence-corrected chi connectivity index (χ4v) is 2.40. The molecule has 2 N–H and O–H groups in total. The second-order valence-corrected chi connectivity index (χ2v) is 5.88. The van der Waals surface area contributed by atoms with E-state index >= 15 is 0 Å². The van der Waals surface area contributed by atoms with Crippen molar-refractivity contribution in [2.75, 3.05) is 17.7 Å². The van der Waals surface area contributed by atoms with E-state index in [1.807, 2.05) is 30.3 Å². The van der Waals surface area contributed by atoms with Gasteiger partial charge in [-0.3, -0.25) is 9.59 Å². The molecule has 0 unspecified atom stereocenters. The maximum Gasteiger partial charge on any atom is 0.313 e. The molecule has 126 valence electrons. The molecule has 0 bridgehead atoms. The Bertz CT molecular complexity index is 662. The summed E-state index contributed by atoms with van der Waals surface area (Å²) < 4.78 is 5.53. The maximum absolute atomic E-state index is 11.8. The number of carbonyl (C=O) groups is 2. The Labute approximate surface area is 144 Å². The fraction of sp³-hybridized carbons (Fsp3) is 0.235. The third-order valence-corrected chi connectivity index (χ3v) is 3.85. The number of thioether (sulfide) groups is 1. The van der Waals surface area contributed by atoms with Gasteiger partial charge in [0.25, 0.3) is 0 Å². The number of carbonyl (C=O) groups excluding carboxylic acids is 1. The number of benzene rings is 1. The number of carboxylic acid groups (broad SMARTS) is 1. The first-order valence-corrected chi connectivity index (χ1v) is 8.40. The van der Waals surface area contributed by atoms with E-state index < -0.39 is 5.97 Å². The van der Waals surface area contributed by atoms with E-state index in [0.717, 1.165) is 17.5 Å². The van der Waals surface area contributed by atoms with Gasteiger partial charge in [-0.1, -0.05) is 30.0 Å². The minimum atomic E-state index is -0.892. The van der Waals surface area contributed by atoms with Crippen molar-refractivity contribution >= 4 is 29.3 Å². The highest BCUT2D eigenvalue weighted by Gasteiger charge is 2.05. The predicted octanol–water partition coefficient (Wildman–Crippen LogP) is 3.06. The van der Waals surface area contributed by atoms with Gasteiger partial charge in [-0.2, -0.15) is 0 Å².